The standard InChI is InChI=1S/C41H38Cl2F3N5O5S/c1-22-18-27(19-23(2)36(22)43)56-17-9-13-29-30-15-16-33(42)35(34-24(3)49-51(5)25(34)4)37(30)48-38(29)40(53)50-57(54,55)28-11-8-10-26(20-28)21-47-39(52)31-12-6-7-14-32(31)41(44,45)46/h6-8,10-12,14-16,18-20,48H,9,13,17,21H2,1-5H3,(H,47,52)(H,50,53). The molecular weight excluding hydrogens is 802 g/mol. The summed E-state index contributed by atoms with van der Waals surface area (Å²) in [7, 11) is -2.70. The van der Waals surface area contributed by atoms with E-state index in [1.165, 1.54) is 36.4 Å². The summed E-state index contributed by atoms with van der Waals surface area (Å²) < 4.78 is 77.8. The number of carbonyl (C=O) groups excluding carboxylic acids is 2. The molecular formula is C41H38Cl2F3N5O5S. The molecule has 0 atom stereocenters. The van der Waals surface area contributed by atoms with E-state index in [-0.39, 0.29) is 29.3 Å². The van der Waals surface area contributed by atoms with Gasteiger partial charge in [-0.3, -0.25) is 14.3 Å². The number of nitrogens with zero attached hydrogens (tertiary/aromatic N) is 2. The Balaban J connectivity index is 1.28. The molecule has 0 saturated heterocycles. The van der Waals surface area contributed by atoms with Crippen molar-refractivity contribution in [3.05, 3.63) is 133 Å². The second kappa shape index (κ2) is 16.3. The molecule has 0 radical (unpaired) electrons. The lowest BCUT2D eigenvalue weighted by molar-refractivity contribution is -0.137. The van der Waals surface area contributed by atoms with Crippen LogP contribution < -0.4 is 14.8 Å². The Morgan fingerprint density at radius 3 is 2.28 bits per heavy atom. The molecule has 0 bridgehead atoms. The van der Waals surface area contributed by atoms with E-state index in [2.05, 4.69) is 20.1 Å². The second-order valence-electron chi connectivity index (χ2n) is 13.6. The van der Waals surface area contributed by atoms with Gasteiger partial charge in [-0.2, -0.15) is 18.3 Å². The van der Waals surface area contributed by atoms with Crippen molar-refractivity contribution in [1.29, 1.82) is 0 Å². The molecule has 10 nitrogen and oxygen atoms in total. The Labute approximate surface area is 337 Å². The fourth-order valence-electron chi connectivity index (χ4n) is 6.82. The van der Waals surface area contributed by atoms with Crippen LogP contribution in [0.15, 0.2) is 77.7 Å². The van der Waals surface area contributed by atoms with Crippen molar-refractivity contribution in [1.82, 2.24) is 24.8 Å². The molecule has 0 unspecified atom stereocenters. The molecule has 4 aromatic carbocycles. The first-order chi connectivity index (χ1) is 26.9. The Morgan fingerprint density at radius 2 is 1.61 bits per heavy atom. The van der Waals surface area contributed by atoms with Crippen LogP contribution in [0.2, 0.25) is 10.0 Å². The number of aryl methyl sites for hydroxylation is 5. The van der Waals surface area contributed by atoms with E-state index in [9.17, 15) is 31.2 Å². The molecule has 16 heteroatoms. The highest BCUT2D eigenvalue weighted by Crippen LogP contribution is 2.40. The number of rotatable bonds is 12. The molecule has 0 aliphatic heterocycles. The molecule has 2 heterocycles. The van der Waals surface area contributed by atoms with Crippen LogP contribution in [0.4, 0.5) is 13.2 Å². The Kier molecular flexibility index (Phi) is 11.8. The molecule has 0 fully saturated rings. The number of aromatic amines is 1. The van der Waals surface area contributed by atoms with Crippen LogP contribution in [0, 0.1) is 27.7 Å². The lowest BCUT2D eigenvalue weighted by Crippen LogP contribution is -2.31. The van der Waals surface area contributed by atoms with Crippen molar-refractivity contribution in [2.24, 2.45) is 7.05 Å². The molecule has 0 aliphatic rings. The maximum atomic E-state index is 14.1. The van der Waals surface area contributed by atoms with Gasteiger partial charge in [0.15, 0.2) is 0 Å². The van der Waals surface area contributed by atoms with Crippen LogP contribution in [0.3, 0.4) is 0 Å². The van der Waals surface area contributed by atoms with Gasteiger partial charge in [-0.25, -0.2) is 13.1 Å². The summed E-state index contributed by atoms with van der Waals surface area (Å²) in [5.41, 5.74) is 4.30. The number of halogens is 5. The molecule has 0 saturated carbocycles. The smallest absolute Gasteiger partial charge is 0.417 e. The summed E-state index contributed by atoms with van der Waals surface area (Å²) in [4.78, 5) is 29.7. The van der Waals surface area contributed by atoms with E-state index in [0.717, 1.165) is 34.5 Å². The van der Waals surface area contributed by atoms with Crippen molar-refractivity contribution >= 4 is 55.9 Å². The number of nitrogens with one attached hydrogen (secondary N) is 3. The molecule has 3 N–H and O–H groups in total. The van der Waals surface area contributed by atoms with Crippen LogP contribution in [-0.4, -0.2) is 41.6 Å². The molecule has 2 aromatic heterocycles. The minimum Gasteiger partial charge on any atom is -0.494 e. The first-order valence-electron chi connectivity index (χ1n) is 17.7. The number of carbonyl (C=O) groups is 2. The van der Waals surface area contributed by atoms with Crippen LogP contribution in [-0.2, 0) is 36.2 Å². The van der Waals surface area contributed by atoms with Gasteiger partial charge in [0.1, 0.15) is 11.4 Å². The number of benzene rings is 4. The monoisotopic (exact) mass is 839 g/mol. The summed E-state index contributed by atoms with van der Waals surface area (Å²) >= 11 is 13.1. The third kappa shape index (κ3) is 8.68. The summed E-state index contributed by atoms with van der Waals surface area (Å²) in [5.74, 6) is -1.28. The normalized spacial score (nSPS) is 11.9. The maximum Gasteiger partial charge on any atom is 0.417 e. The topological polar surface area (TPSA) is 135 Å². The molecule has 298 valence electrons. The zero-order valence-corrected chi connectivity index (χ0v) is 33.8. The maximum absolute atomic E-state index is 14.1. The molecule has 57 heavy (non-hydrogen) atoms. The van der Waals surface area contributed by atoms with Gasteiger partial charge in [-0.15, -0.1) is 0 Å². The summed E-state index contributed by atoms with van der Waals surface area (Å²) in [6.45, 7) is 7.50. The van der Waals surface area contributed by atoms with E-state index in [0.29, 0.717) is 56.4 Å². The molecule has 0 spiro atoms. The van der Waals surface area contributed by atoms with Gasteiger partial charge >= 0.3 is 6.18 Å². The fourth-order valence-corrected chi connectivity index (χ4v) is 8.21. The minimum absolute atomic E-state index is 0.00113. The van der Waals surface area contributed by atoms with Crippen LogP contribution in [0.1, 0.15) is 66.5 Å². The number of hydrogen-bond donors (Lipinski definition) is 3. The second-order valence-corrected chi connectivity index (χ2v) is 16.1. The van der Waals surface area contributed by atoms with E-state index in [4.69, 9.17) is 27.9 Å². The van der Waals surface area contributed by atoms with Gasteiger partial charge in [0.05, 0.1) is 38.9 Å². The van der Waals surface area contributed by atoms with Gasteiger partial charge in [0.2, 0.25) is 0 Å². The number of aromatic nitrogens is 3. The molecule has 6 rings (SSSR count). The number of amides is 2. The summed E-state index contributed by atoms with van der Waals surface area (Å²) in [6, 6.07) is 16.9. The molecule has 0 aliphatic carbocycles. The lowest BCUT2D eigenvalue weighted by atomic mass is 9.98. The average molecular weight is 841 g/mol. The number of alkyl halides is 3. The minimum atomic E-state index is -4.75. The Hall–Kier alpha value is -5.31. The number of ether oxygens (including phenoxy) is 1. The van der Waals surface area contributed by atoms with Gasteiger partial charge in [0, 0.05) is 40.8 Å². The van der Waals surface area contributed by atoms with E-state index >= 15 is 0 Å². The largest absolute Gasteiger partial charge is 0.494 e. The quantitative estimate of drug-likeness (QED) is 0.105. The number of fused-ring (bicyclic) bond motifs is 1. The van der Waals surface area contributed by atoms with Crippen molar-refractivity contribution in [3.8, 4) is 16.9 Å². The summed E-state index contributed by atoms with van der Waals surface area (Å²) in [6.07, 6.45) is -3.99. The van der Waals surface area contributed by atoms with Crippen LogP contribution >= 0.6 is 23.2 Å². The number of hydrogen-bond acceptors (Lipinski definition) is 6. The zero-order valence-electron chi connectivity index (χ0n) is 31.5. The Bertz CT molecular complexity index is 2630. The van der Waals surface area contributed by atoms with E-state index < -0.39 is 39.1 Å². The fraction of sp³-hybridized carbons (Fsp3) is 0.244. The highest BCUT2D eigenvalue weighted by Gasteiger charge is 2.35. The highest BCUT2D eigenvalue weighted by atomic mass is 35.5. The SMILES string of the molecule is Cc1cc(OCCCc2c(C(=O)NS(=O)(=O)c3cccc(CNC(=O)c4ccccc4C(F)(F)F)c3)[nH]c3c(-c4c(C)nn(C)c4C)c(Cl)ccc23)cc(C)c1Cl. The predicted molar refractivity (Wildman–Crippen MR) is 213 cm³/mol. The highest BCUT2D eigenvalue weighted by molar-refractivity contribution is 7.90. The first kappa shape index (κ1) is 41.3. The molecule has 6 aromatic rings. The van der Waals surface area contributed by atoms with Crippen molar-refractivity contribution in [2.75, 3.05) is 6.61 Å². The van der Waals surface area contributed by atoms with Crippen LogP contribution in [0.5, 0.6) is 5.75 Å². The zero-order chi connectivity index (χ0) is 41.4. The van der Waals surface area contributed by atoms with Crippen molar-refractivity contribution < 1.29 is 35.9 Å². The number of H-pyrrole nitrogens is 1. The molecule has 2 amide bonds. The van der Waals surface area contributed by atoms with E-state index in [1.54, 1.807) is 16.8 Å². The average Bonchev–Trinajstić information content (AvgIpc) is 3.65. The van der Waals surface area contributed by atoms with Crippen molar-refractivity contribution in [2.45, 2.75) is 58.2 Å². The summed E-state index contributed by atoms with van der Waals surface area (Å²) in [5, 5.41) is 8.66. The third-order valence-electron chi connectivity index (χ3n) is 9.63. The van der Waals surface area contributed by atoms with Crippen LogP contribution in [0.25, 0.3) is 22.0 Å². The lowest BCUT2D eigenvalue weighted by Gasteiger charge is -2.13. The Morgan fingerprint density at radius 1 is 0.912 bits per heavy atom. The first-order valence-corrected chi connectivity index (χ1v) is 19.9. The van der Waals surface area contributed by atoms with Gasteiger partial charge in [0.25, 0.3) is 21.8 Å². The van der Waals surface area contributed by atoms with Crippen molar-refractivity contribution in [3.63, 3.8) is 0 Å². The predicted octanol–water partition coefficient (Wildman–Crippen LogP) is 9.19. The van der Waals surface area contributed by atoms with Gasteiger partial charge in [-0.05, 0) is 105 Å². The van der Waals surface area contributed by atoms with E-state index in [1.807, 2.05) is 46.9 Å². The third-order valence-corrected chi connectivity index (χ3v) is 11.9. The number of sulfonamides is 1. The van der Waals surface area contributed by atoms with Gasteiger partial charge in [-0.1, -0.05) is 53.5 Å². The van der Waals surface area contributed by atoms with Gasteiger partial charge < -0.3 is 15.0 Å².